The van der Waals surface area contributed by atoms with E-state index in [1.54, 1.807) is 12.1 Å². The van der Waals surface area contributed by atoms with Crippen molar-refractivity contribution in [2.75, 3.05) is 11.6 Å². The summed E-state index contributed by atoms with van der Waals surface area (Å²) in [6.45, 7) is 0. The number of halogens is 2. The number of aromatic nitrogens is 3. The van der Waals surface area contributed by atoms with Crippen LogP contribution in [-0.2, 0) is 9.84 Å². The minimum absolute atomic E-state index is 0.0802. The van der Waals surface area contributed by atoms with Crippen LogP contribution in [0, 0.1) is 11.6 Å². The minimum Gasteiger partial charge on any atom is -0.349 e. The van der Waals surface area contributed by atoms with Gasteiger partial charge in [0.15, 0.2) is 21.5 Å². The first kappa shape index (κ1) is 20.1. The number of nitrogens with one attached hydrogen (secondary N) is 1. The van der Waals surface area contributed by atoms with Crippen LogP contribution in [0.2, 0.25) is 0 Å². The van der Waals surface area contributed by atoms with Crippen molar-refractivity contribution in [1.29, 1.82) is 0 Å². The van der Waals surface area contributed by atoms with Crippen molar-refractivity contribution in [3.05, 3.63) is 87.8 Å². The van der Waals surface area contributed by atoms with E-state index in [1.165, 1.54) is 30.5 Å². The van der Waals surface area contributed by atoms with Gasteiger partial charge in [0.05, 0.1) is 10.9 Å². The fourth-order valence-electron chi connectivity index (χ4n) is 2.90. The maximum Gasteiger partial charge on any atom is 0.275 e. The lowest BCUT2D eigenvalue weighted by Gasteiger charge is -2.20. The van der Waals surface area contributed by atoms with Crippen molar-refractivity contribution in [2.24, 2.45) is 0 Å². The fourth-order valence-corrected chi connectivity index (χ4v) is 4.38. The van der Waals surface area contributed by atoms with Crippen molar-refractivity contribution in [3.8, 4) is 0 Å². The molecule has 1 N–H and O–H groups in total. The van der Waals surface area contributed by atoms with Crippen LogP contribution in [0.4, 0.5) is 13.9 Å². The Morgan fingerprint density at radius 2 is 1.83 bits per heavy atom. The monoisotopic (exact) mass is 448 g/mol. The molecule has 2 aromatic heterocycles. The second-order valence-electron chi connectivity index (χ2n) is 6.48. The van der Waals surface area contributed by atoms with Crippen LogP contribution in [0.3, 0.4) is 0 Å². The van der Waals surface area contributed by atoms with Gasteiger partial charge in [-0.2, -0.15) is 4.52 Å². The highest BCUT2D eigenvalue weighted by molar-refractivity contribution is 7.90. The third kappa shape index (κ3) is 3.94. The lowest BCUT2D eigenvalue weighted by atomic mass is 9.98. The van der Waals surface area contributed by atoms with E-state index in [0.29, 0.717) is 21.2 Å². The predicted octanol–water partition coefficient (Wildman–Crippen LogP) is 3.03. The summed E-state index contributed by atoms with van der Waals surface area (Å²) in [5.74, 6) is -2.04. The molecule has 154 valence electrons. The van der Waals surface area contributed by atoms with Crippen LogP contribution >= 0.6 is 11.3 Å². The SMILES string of the molecule is CS(=O)(=O)c1cccc(C(Nc2nn3c(=O)ccnc3s2)c2ccc(F)c(F)c2)c1. The Morgan fingerprint density at radius 3 is 2.53 bits per heavy atom. The van der Waals surface area contributed by atoms with Gasteiger partial charge in [0.1, 0.15) is 0 Å². The summed E-state index contributed by atoms with van der Waals surface area (Å²) in [6, 6.07) is 10.0. The van der Waals surface area contributed by atoms with Crippen molar-refractivity contribution in [3.63, 3.8) is 0 Å². The zero-order valence-corrected chi connectivity index (χ0v) is 17.0. The molecule has 2 heterocycles. The first-order chi connectivity index (χ1) is 14.2. The maximum atomic E-state index is 13.9. The number of fused-ring (bicyclic) bond motifs is 1. The number of hydrogen-bond donors (Lipinski definition) is 1. The highest BCUT2D eigenvalue weighted by atomic mass is 32.2. The molecule has 0 aliphatic carbocycles. The molecule has 0 spiro atoms. The molecule has 4 rings (SSSR count). The number of sulfone groups is 1. The molecular formula is C19H14F2N4O3S2. The van der Waals surface area contributed by atoms with Gasteiger partial charge in [-0.25, -0.2) is 22.2 Å². The lowest BCUT2D eigenvalue weighted by Crippen LogP contribution is -2.15. The summed E-state index contributed by atoms with van der Waals surface area (Å²) in [4.78, 5) is 16.4. The molecule has 0 saturated heterocycles. The van der Waals surface area contributed by atoms with Gasteiger partial charge in [-0.05, 0) is 35.4 Å². The van der Waals surface area contributed by atoms with E-state index in [-0.39, 0.29) is 10.5 Å². The highest BCUT2D eigenvalue weighted by Gasteiger charge is 2.20. The quantitative estimate of drug-likeness (QED) is 0.505. The molecule has 0 amide bonds. The third-order valence-electron chi connectivity index (χ3n) is 4.34. The van der Waals surface area contributed by atoms with Crippen molar-refractivity contribution >= 4 is 31.3 Å². The van der Waals surface area contributed by atoms with E-state index in [4.69, 9.17) is 0 Å². The maximum absolute atomic E-state index is 13.9. The zero-order valence-electron chi connectivity index (χ0n) is 15.4. The second-order valence-corrected chi connectivity index (χ2v) is 9.45. The largest absolute Gasteiger partial charge is 0.349 e. The summed E-state index contributed by atoms with van der Waals surface area (Å²) in [7, 11) is -3.49. The highest BCUT2D eigenvalue weighted by Crippen LogP contribution is 2.30. The second kappa shape index (κ2) is 7.58. The van der Waals surface area contributed by atoms with Crippen molar-refractivity contribution < 1.29 is 17.2 Å². The Bertz CT molecular complexity index is 1420. The van der Waals surface area contributed by atoms with Gasteiger partial charge in [-0.15, -0.1) is 5.10 Å². The van der Waals surface area contributed by atoms with E-state index in [0.717, 1.165) is 34.2 Å². The summed E-state index contributed by atoms with van der Waals surface area (Å²) >= 11 is 1.09. The normalized spacial score (nSPS) is 12.8. The molecule has 0 bridgehead atoms. The molecule has 1 unspecified atom stereocenters. The van der Waals surface area contributed by atoms with Gasteiger partial charge < -0.3 is 5.32 Å². The molecular weight excluding hydrogens is 434 g/mol. The topological polar surface area (TPSA) is 93.4 Å². The summed E-state index contributed by atoms with van der Waals surface area (Å²) < 4.78 is 52.4. The van der Waals surface area contributed by atoms with E-state index < -0.39 is 27.5 Å². The minimum atomic E-state index is -3.49. The van der Waals surface area contributed by atoms with Crippen LogP contribution in [0.1, 0.15) is 17.2 Å². The first-order valence-electron chi connectivity index (χ1n) is 8.59. The van der Waals surface area contributed by atoms with Gasteiger partial charge in [0, 0.05) is 18.5 Å². The molecule has 0 saturated carbocycles. The zero-order chi connectivity index (χ0) is 21.5. The molecule has 30 heavy (non-hydrogen) atoms. The average molecular weight is 448 g/mol. The van der Waals surface area contributed by atoms with Crippen molar-refractivity contribution in [1.82, 2.24) is 14.6 Å². The van der Waals surface area contributed by atoms with Gasteiger partial charge in [0.25, 0.3) is 5.56 Å². The van der Waals surface area contributed by atoms with Gasteiger partial charge in [-0.3, -0.25) is 4.79 Å². The van der Waals surface area contributed by atoms with Crippen LogP contribution in [0.15, 0.2) is 64.4 Å². The number of rotatable bonds is 5. The summed E-state index contributed by atoms with van der Waals surface area (Å²) in [5.41, 5.74) is 0.468. The molecule has 0 aliphatic rings. The molecule has 11 heteroatoms. The lowest BCUT2D eigenvalue weighted by molar-refractivity contribution is 0.506. The van der Waals surface area contributed by atoms with Crippen LogP contribution in [0.25, 0.3) is 4.96 Å². The third-order valence-corrected chi connectivity index (χ3v) is 6.30. The first-order valence-corrected chi connectivity index (χ1v) is 11.3. The number of anilines is 1. The molecule has 0 aliphatic heterocycles. The van der Waals surface area contributed by atoms with Crippen LogP contribution in [0.5, 0.6) is 0 Å². The number of hydrogen-bond acceptors (Lipinski definition) is 7. The Kier molecular flexibility index (Phi) is 5.08. The van der Waals surface area contributed by atoms with Gasteiger partial charge in [0.2, 0.25) is 10.1 Å². The fraction of sp³-hybridized carbons (Fsp3) is 0.105. The molecule has 2 aromatic carbocycles. The Morgan fingerprint density at radius 1 is 1.07 bits per heavy atom. The average Bonchev–Trinajstić information content (AvgIpc) is 3.12. The summed E-state index contributed by atoms with van der Waals surface area (Å²) in [6.07, 6.45) is 2.44. The Labute approximate surface area is 173 Å². The molecule has 1 atom stereocenters. The molecule has 0 radical (unpaired) electrons. The van der Waals surface area contributed by atoms with Gasteiger partial charge >= 0.3 is 0 Å². The molecule has 0 fully saturated rings. The smallest absolute Gasteiger partial charge is 0.275 e. The standard InChI is InChI=1S/C19H14F2N4O3S2/c1-30(27,28)13-4-2-3-11(9-13)17(12-5-6-14(20)15(21)10-12)23-18-24-25-16(26)7-8-22-19(25)29-18/h2-10,17H,1H3,(H,23,24). The summed E-state index contributed by atoms with van der Waals surface area (Å²) in [5, 5.41) is 7.55. The molecule has 4 aromatic rings. The van der Waals surface area contributed by atoms with E-state index in [2.05, 4.69) is 15.4 Å². The van der Waals surface area contributed by atoms with Crippen molar-refractivity contribution in [2.45, 2.75) is 10.9 Å². The number of nitrogens with zero attached hydrogens (tertiary/aromatic N) is 3. The number of benzene rings is 2. The Balaban J connectivity index is 1.84. The molecule has 7 nitrogen and oxygen atoms in total. The van der Waals surface area contributed by atoms with Crippen LogP contribution < -0.4 is 10.9 Å². The Hall–Kier alpha value is -3.18. The van der Waals surface area contributed by atoms with Gasteiger partial charge in [-0.1, -0.05) is 29.5 Å². The van der Waals surface area contributed by atoms with E-state index in [9.17, 15) is 22.0 Å². The van der Waals surface area contributed by atoms with E-state index >= 15 is 0 Å². The predicted molar refractivity (Wildman–Crippen MR) is 109 cm³/mol. The van der Waals surface area contributed by atoms with E-state index in [1.807, 2.05) is 0 Å². The van der Waals surface area contributed by atoms with Crippen LogP contribution in [-0.4, -0.2) is 29.3 Å².